The fourth-order valence-electron chi connectivity index (χ4n) is 3.26. The summed E-state index contributed by atoms with van der Waals surface area (Å²) < 4.78 is 5.22. The minimum atomic E-state index is -0.0407. The predicted octanol–water partition coefficient (Wildman–Crippen LogP) is 2.55. The van der Waals surface area contributed by atoms with E-state index in [1.807, 2.05) is 4.90 Å². The molecular weight excluding hydrogens is 340 g/mol. The number of aliphatic imine (C=N–C) groups is 1. The number of hydrogen-bond acceptors (Lipinski definition) is 3. The first-order valence-electron chi connectivity index (χ1n) is 9.59. The molecule has 0 unspecified atom stereocenters. The third-order valence-electron chi connectivity index (χ3n) is 4.68. The molecule has 1 aromatic heterocycles. The molecule has 0 spiro atoms. The van der Waals surface area contributed by atoms with Gasteiger partial charge in [-0.3, -0.25) is 9.79 Å². The van der Waals surface area contributed by atoms with Crippen molar-refractivity contribution >= 4 is 11.9 Å². The van der Waals surface area contributed by atoms with Gasteiger partial charge in [0, 0.05) is 39.3 Å². The van der Waals surface area contributed by atoms with Crippen molar-refractivity contribution in [1.82, 2.24) is 15.1 Å². The van der Waals surface area contributed by atoms with Gasteiger partial charge in [0.15, 0.2) is 11.7 Å². The van der Waals surface area contributed by atoms with Crippen LogP contribution >= 0.6 is 0 Å². The molecule has 0 radical (unpaired) electrons. The predicted molar refractivity (Wildman–Crippen MR) is 107 cm³/mol. The summed E-state index contributed by atoms with van der Waals surface area (Å²) in [6.07, 6.45) is 2.46. The van der Waals surface area contributed by atoms with Gasteiger partial charge in [-0.1, -0.05) is 29.8 Å². The van der Waals surface area contributed by atoms with Gasteiger partial charge >= 0.3 is 0 Å². The van der Waals surface area contributed by atoms with Crippen LogP contribution in [0.5, 0.6) is 0 Å². The van der Waals surface area contributed by atoms with Gasteiger partial charge in [0.25, 0.3) is 5.91 Å². The van der Waals surface area contributed by atoms with E-state index in [9.17, 15) is 4.79 Å². The molecule has 3 rings (SSSR count). The van der Waals surface area contributed by atoms with Gasteiger partial charge in [0.1, 0.15) is 0 Å². The van der Waals surface area contributed by atoms with Crippen LogP contribution in [0, 0.1) is 6.92 Å². The van der Waals surface area contributed by atoms with Crippen molar-refractivity contribution in [2.24, 2.45) is 4.99 Å². The van der Waals surface area contributed by atoms with E-state index in [0.29, 0.717) is 18.8 Å². The van der Waals surface area contributed by atoms with Gasteiger partial charge in [-0.2, -0.15) is 0 Å². The van der Waals surface area contributed by atoms with E-state index in [2.05, 4.69) is 48.3 Å². The molecule has 2 aromatic rings. The molecule has 1 aliphatic rings. The highest BCUT2D eigenvalue weighted by Gasteiger charge is 2.25. The zero-order valence-electron chi connectivity index (χ0n) is 16.1. The van der Waals surface area contributed by atoms with Crippen LogP contribution in [0.2, 0.25) is 0 Å². The summed E-state index contributed by atoms with van der Waals surface area (Å²) in [4.78, 5) is 21.2. The first-order chi connectivity index (χ1) is 13.2. The van der Waals surface area contributed by atoms with E-state index in [1.165, 1.54) is 17.4 Å². The van der Waals surface area contributed by atoms with Crippen LogP contribution < -0.4 is 5.32 Å². The average molecular weight is 368 g/mol. The number of hydrogen-bond donors (Lipinski definition) is 1. The van der Waals surface area contributed by atoms with Crippen molar-refractivity contribution < 1.29 is 9.21 Å². The Bertz CT molecular complexity index is 762. The van der Waals surface area contributed by atoms with Crippen molar-refractivity contribution in [2.45, 2.75) is 20.3 Å². The number of carbonyl (C=O) groups is 1. The van der Waals surface area contributed by atoms with E-state index < -0.39 is 0 Å². The smallest absolute Gasteiger partial charge is 0.289 e. The lowest BCUT2D eigenvalue weighted by Crippen LogP contribution is -2.53. The van der Waals surface area contributed by atoms with Crippen molar-refractivity contribution in [1.29, 1.82) is 0 Å². The lowest BCUT2D eigenvalue weighted by atomic mass is 10.1. The highest BCUT2D eigenvalue weighted by Crippen LogP contribution is 2.10. The van der Waals surface area contributed by atoms with Gasteiger partial charge in [0.2, 0.25) is 0 Å². The maximum absolute atomic E-state index is 12.4. The molecular formula is C21H28N4O2. The molecule has 0 atom stereocenters. The van der Waals surface area contributed by atoms with Crippen molar-refractivity contribution in [3.63, 3.8) is 0 Å². The molecule has 1 saturated heterocycles. The summed E-state index contributed by atoms with van der Waals surface area (Å²) in [5.41, 5.74) is 2.59. The minimum absolute atomic E-state index is 0.0407. The Morgan fingerprint density at radius 1 is 1.15 bits per heavy atom. The normalized spacial score (nSPS) is 15.1. The van der Waals surface area contributed by atoms with Crippen LogP contribution in [0.15, 0.2) is 52.1 Å². The second kappa shape index (κ2) is 9.26. The van der Waals surface area contributed by atoms with Crippen molar-refractivity contribution in [3.05, 3.63) is 59.5 Å². The number of aryl methyl sites for hydroxylation is 1. The summed E-state index contributed by atoms with van der Waals surface area (Å²) in [6.45, 7) is 8.63. The fourth-order valence-corrected chi connectivity index (χ4v) is 3.26. The third-order valence-corrected chi connectivity index (χ3v) is 4.68. The minimum Gasteiger partial charge on any atom is -0.459 e. The summed E-state index contributed by atoms with van der Waals surface area (Å²) in [7, 11) is 0. The molecule has 0 saturated carbocycles. The quantitative estimate of drug-likeness (QED) is 0.651. The lowest BCUT2D eigenvalue weighted by Gasteiger charge is -2.36. The van der Waals surface area contributed by atoms with Crippen LogP contribution in [0.25, 0.3) is 0 Å². The number of guanidine groups is 1. The molecule has 0 aliphatic carbocycles. The Labute approximate surface area is 160 Å². The van der Waals surface area contributed by atoms with Gasteiger partial charge in [-0.25, -0.2) is 0 Å². The maximum atomic E-state index is 12.4. The van der Waals surface area contributed by atoms with Crippen LogP contribution in [0.3, 0.4) is 0 Å². The molecule has 1 fully saturated rings. The SMILES string of the molecule is CCNC(=NCCc1cccc(C)c1)N1CCN(C(=O)c2ccco2)CC1. The zero-order chi connectivity index (χ0) is 19.1. The van der Waals surface area contributed by atoms with Crippen LogP contribution in [-0.4, -0.2) is 60.9 Å². The van der Waals surface area contributed by atoms with Gasteiger partial charge in [0.05, 0.1) is 6.26 Å². The van der Waals surface area contributed by atoms with E-state index in [0.717, 1.165) is 38.6 Å². The van der Waals surface area contributed by atoms with Crippen molar-refractivity contribution in [2.75, 3.05) is 39.3 Å². The van der Waals surface area contributed by atoms with Gasteiger partial charge in [-0.15, -0.1) is 0 Å². The van der Waals surface area contributed by atoms with Crippen molar-refractivity contribution in [3.8, 4) is 0 Å². The summed E-state index contributed by atoms with van der Waals surface area (Å²) in [6, 6.07) is 12.0. The summed E-state index contributed by atoms with van der Waals surface area (Å²) in [5.74, 6) is 1.29. The Kier molecular flexibility index (Phi) is 6.52. The van der Waals surface area contributed by atoms with E-state index in [-0.39, 0.29) is 5.91 Å². The molecule has 144 valence electrons. The Morgan fingerprint density at radius 2 is 1.93 bits per heavy atom. The molecule has 6 nitrogen and oxygen atoms in total. The topological polar surface area (TPSA) is 61.1 Å². The van der Waals surface area contributed by atoms with Crippen LogP contribution in [-0.2, 0) is 6.42 Å². The summed E-state index contributed by atoms with van der Waals surface area (Å²) in [5, 5.41) is 3.38. The standard InChI is InChI=1S/C21H28N4O2/c1-3-22-21(23-10-9-18-7-4-6-17(2)16-18)25-13-11-24(12-14-25)20(26)19-8-5-15-27-19/h4-8,15-16H,3,9-14H2,1-2H3,(H,22,23). The Balaban J connectivity index is 1.55. The monoisotopic (exact) mass is 368 g/mol. The number of carbonyl (C=O) groups excluding carboxylic acids is 1. The second-order valence-corrected chi connectivity index (χ2v) is 6.73. The largest absolute Gasteiger partial charge is 0.459 e. The average Bonchev–Trinajstić information content (AvgIpc) is 3.22. The number of rotatable bonds is 5. The number of furan rings is 1. The Hall–Kier alpha value is -2.76. The molecule has 6 heteroatoms. The molecule has 1 amide bonds. The fraction of sp³-hybridized carbons (Fsp3) is 0.429. The molecule has 1 N–H and O–H groups in total. The number of piperazine rings is 1. The first kappa shape index (κ1) is 19.0. The molecule has 1 aromatic carbocycles. The highest BCUT2D eigenvalue weighted by molar-refractivity contribution is 5.91. The highest BCUT2D eigenvalue weighted by atomic mass is 16.3. The second-order valence-electron chi connectivity index (χ2n) is 6.73. The van der Waals surface area contributed by atoms with E-state index >= 15 is 0 Å². The molecule has 27 heavy (non-hydrogen) atoms. The van der Waals surface area contributed by atoms with Crippen LogP contribution in [0.1, 0.15) is 28.6 Å². The Morgan fingerprint density at radius 3 is 2.59 bits per heavy atom. The molecule has 0 bridgehead atoms. The number of benzene rings is 1. The molecule has 1 aliphatic heterocycles. The summed E-state index contributed by atoms with van der Waals surface area (Å²) >= 11 is 0. The van der Waals surface area contributed by atoms with Gasteiger partial charge < -0.3 is 19.5 Å². The van der Waals surface area contributed by atoms with Gasteiger partial charge in [-0.05, 0) is 38.0 Å². The third kappa shape index (κ3) is 5.12. The lowest BCUT2D eigenvalue weighted by molar-refractivity contribution is 0.0657. The number of nitrogens with one attached hydrogen (secondary N) is 1. The number of amides is 1. The van der Waals surface area contributed by atoms with E-state index in [1.54, 1.807) is 12.1 Å². The maximum Gasteiger partial charge on any atom is 0.289 e. The van der Waals surface area contributed by atoms with Crippen LogP contribution in [0.4, 0.5) is 0 Å². The first-order valence-corrected chi connectivity index (χ1v) is 9.59. The molecule has 2 heterocycles. The number of nitrogens with zero attached hydrogens (tertiary/aromatic N) is 3. The van der Waals surface area contributed by atoms with E-state index in [4.69, 9.17) is 9.41 Å². The zero-order valence-corrected chi connectivity index (χ0v) is 16.1.